The molecule has 210 valence electrons. The average molecular weight is 556 g/mol. The highest BCUT2D eigenvalue weighted by Crippen LogP contribution is 2.35. The Morgan fingerprint density at radius 2 is 1.31 bits per heavy atom. The van der Waals surface area contributed by atoms with Crippen molar-refractivity contribution < 1.29 is 19.4 Å². The summed E-state index contributed by atoms with van der Waals surface area (Å²) in [7, 11) is 0. The van der Waals surface area contributed by atoms with Gasteiger partial charge in [-0.2, -0.15) is 0 Å². The van der Waals surface area contributed by atoms with Crippen LogP contribution in [0.3, 0.4) is 0 Å². The zero-order valence-corrected chi connectivity index (χ0v) is 23.4. The molecule has 1 aromatic heterocycles. The molecular formula is C37H33NO4. The van der Waals surface area contributed by atoms with Crippen LogP contribution in [0.25, 0.3) is 32.8 Å². The van der Waals surface area contributed by atoms with E-state index in [2.05, 4.69) is 47.4 Å². The van der Waals surface area contributed by atoms with Gasteiger partial charge in [-0.3, -0.25) is 0 Å². The maximum atomic E-state index is 12.3. The van der Waals surface area contributed by atoms with Crippen LogP contribution in [0.4, 0.5) is 0 Å². The van der Waals surface area contributed by atoms with Crippen molar-refractivity contribution in [3.8, 4) is 22.6 Å². The van der Waals surface area contributed by atoms with E-state index < -0.39 is 5.97 Å². The van der Waals surface area contributed by atoms with E-state index in [1.807, 2.05) is 72.8 Å². The minimum atomic E-state index is -0.950. The fourth-order valence-corrected chi connectivity index (χ4v) is 5.66. The summed E-state index contributed by atoms with van der Waals surface area (Å²) < 4.78 is 12.0. The minimum Gasteiger partial charge on any atom is -0.494 e. The van der Waals surface area contributed by atoms with E-state index in [1.165, 1.54) is 5.56 Å². The third-order valence-electron chi connectivity index (χ3n) is 7.64. The number of fused-ring (bicyclic) bond motifs is 2. The van der Waals surface area contributed by atoms with Crippen LogP contribution in [0.15, 0.2) is 115 Å². The van der Waals surface area contributed by atoms with E-state index in [-0.39, 0.29) is 5.69 Å². The van der Waals surface area contributed by atoms with Crippen molar-refractivity contribution in [3.05, 3.63) is 132 Å². The van der Waals surface area contributed by atoms with Gasteiger partial charge in [0.1, 0.15) is 17.2 Å². The van der Waals surface area contributed by atoms with Crippen LogP contribution in [-0.4, -0.2) is 29.3 Å². The number of hydrogen-bond acceptors (Lipinski definition) is 3. The Morgan fingerprint density at radius 3 is 2.19 bits per heavy atom. The molecule has 5 aromatic carbocycles. The number of ether oxygens (including phenoxy) is 2. The molecule has 5 nitrogen and oxygen atoms in total. The van der Waals surface area contributed by atoms with Crippen molar-refractivity contribution in [1.82, 2.24) is 4.98 Å². The molecule has 0 radical (unpaired) electrons. The van der Waals surface area contributed by atoms with Gasteiger partial charge in [-0.25, -0.2) is 4.79 Å². The Balaban J connectivity index is 1.20. The van der Waals surface area contributed by atoms with Crippen molar-refractivity contribution in [2.75, 3.05) is 13.2 Å². The summed E-state index contributed by atoms with van der Waals surface area (Å²) in [6.45, 7) is 1.12. The van der Waals surface area contributed by atoms with Crippen LogP contribution in [0.1, 0.15) is 34.5 Å². The number of aromatic amines is 1. The number of aryl methyl sites for hydroxylation is 2. The Bertz CT molecular complexity index is 1820. The molecule has 6 aromatic rings. The highest BCUT2D eigenvalue weighted by Gasteiger charge is 2.20. The van der Waals surface area contributed by atoms with Gasteiger partial charge in [-0.1, -0.05) is 97.1 Å². The second-order valence-corrected chi connectivity index (χ2v) is 10.4. The summed E-state index contributed by atoms with van der Waals surface area (Å²) in [5.41, 5.74) is 5.23. The molecular weight excluding hydrogens is 522 g/mol. The van der Waals surface area contributed by atoms with Gasteiger partial charge < -0.3 is 19.6 Å². The number of carbonyl (C=O) groups is 1. The molecule has 0 unspecified atom stereocenters. The summed E-state index contributed by atoms with van der Waals surface area (Å²) in [4.78, 5) is 15.6. The number of para-hydroxylation sites is 2. The van der Waals surface area contributed by atoms with E-state index in [1.54, 1.807) is 0 Å². The zero-order chi connectivity index (χ0) is 28.7. The van der Waals surface area contributed by atoms with Crippen LogP contribution >= 0.6 is 0 Å². The third-order valence-corrected chi connectivity index (χ3v) is 7.64. The lowest BCUT2D eigenvalue weighted by molar-refractivity contribution is 0.0690. The minimum absolute atomic E-state index is 0.247. The van der Waals surface area contributed by atoms with Crippen molar-refractivity contribution in [3.63, 3.8) is 0 Å². The molecule has 5 heteroatoms. The van der Waals surface area contributed by atoms with Crippen molar-refractivity contribution in [2.24, 2.45) is 0 Å². The van der Waals surface area contributed by atoms with Gasteiger partial charge in [0, 0.05) is 16.3 Å². The zero-order valence-electron chi connectivity index (χ0n) is 23.4. The Morgan fingerprint density at radius 1 is 0.643 bits per heavy atom. The number of carboxylic acids is 1. The summed E-state index contributed by atoms with van der Waals surface area (Å²) in [5, 5.41) is 13.3. The molecule has 0 aliphatic carbocycles. The number of hydrogen-bond donors (Lipinski definition) is 2. The van der Waals surface area contributed by atoms with Crippen LogP contribution in [0, 0.1) is 0 Å². The van der Waals surface area contributed by atoms with Crippen LogP contribution < -0.4 is 9.47 Å². The Kier molecular flexibility index (Phi) is 8.18. The topological polar surface area (TPSA) is 71.5 Å². The molecule has 0 atom stereocenters. The SMILES string of the molecule is O=C(O)c1[nH]c2c(-c3ccccc3CCCOc3ccccc3)cccc2c1CCCOc1cccc2ccccc12. The predicted molar refractivity (Wildman–Crippen MR) is 169 cm³/mol. The van der Waals surface area contributed by atoms with Gasteiger partial charge in [0.2, 0.25) is 0 Å². The summed E-state index contributed by atoms with van der Waals surface area (Å²) >= 11 is 0. The number of H-pyrrole nitrogens is 1. The second-order valence-electron chi connectivity index (χ2n) is 10.4. The third kappa shape index (κ3) is 5.86. The van der Waals surface area contributed by atoms with Crippen molar-refractivity contribution in [1.29, 1.82) is 0 Å². The second kappa shape index (κ2) is 12.6. The molecule has 0 bridgehead atoms. The van der Waals surface area contributed by atoms with E-state index in [4.69, 9.17) is 9.47 Å². The van der Waals surface area contributed by atoms with Gasteiger partial charge in [0.15, 0.2) is 0 Å². The smallest absolute Gasteiger partial charge is 0.352 e. The van der Waals surface area contributed by atoms with Crippen molar-refractivity contribution in [2.45, 2.75) is 25.7 Å². The number of nitrogens with one attached hydrogen (secondary N) is 1. The van der Waals surface area contributed by atoms with Crippen LogP contribution in [0.2, 0.25) is 0 Å². The predicted octanol–water partition coefficient (Wildman–Crippen LogP) is 8.71. The summed E-state index contributed by atoms with van der Waals surface area (Å²) in [6.07, 6.45) is 3.01. The molecule has 2 N–H and O–H groups in total. The van der Waals surface area contributed by atoms with Gasteiger partial charge in [-0.15, -0.1) is 0 Å². The Labute approximate surface area is 245 Å². The Hall–Kier alpha value is -5.03. The first-order chi connectivity index (χ1) is 20.7. The molecule has 0 amide bonds. The monoisotopic (exact) mass is 555 g/mol. The maximum absolute atomic E-state index is 12.3. The number of rotatable bonds is 12. The molecule has 42 heavy (non-hydrogen) atoms. The average Bonchev–Trinajstić information content (AvgIpc) is 3.41. The first kappa shape index (κ1) is 27.2. The number of aromatic nitrogens is 1. The molecule has 0 aliphatic rings. The van der Waals surface area contributed by atoms with Crippen LogP contribution in [0.5, 0.6) is 11.5 Å². The van der Waals surface area contributed by atoms with E-state index in [9.17, 15) is 9.90 Å². The van der Waals surface area contributed by atoms with E-state index >= 15 is 0 Å². The largest absolute Gasteiger partial charge is 0.494 e. The molecule has 6 rings (SSSR count). The standard InChI is InChI=1S/C37H33NO4/c39-37(40)36-33(22-11-25-42-34-23-8-14-27-13-5-7-19-30(27)34)32-21-9-20-31(35(32)38-36)29-18-6-4-12-26(29)15-10-24-41-28-16-2-1-3-17-28/h1-9,12-14,16-21,23,38H,10-11,15,22,24-25H2,(H,39,40). The fourth-order valence-electron chi connectivity index (χ4n) is 5.66. The van der Waals surface area contributed by atoms with Gasteiger partial charge in [0.05, 0.1) is 18.7 Å². The maximum Gasteiger partial charge on any atom is 0.352 e. The molecule has 0 aliphatic heterocycles. The molecule has 0 saturated heterocycles. The first-order valence-corrected chi connectivity index (χ1v) is 14.4. The van der Waals surface area contributed by atoms with E-state index in [0.29, 0.717) is 26.1 Å². The summed E-state index contributed by atoms with van der Waals surface area (Å²) in [6, 6.07) is 38.5. The van der Waals surface area contributed by atoms with E-state index in [0.717, 1.165) is 62.7 Å². The molecule has 0 saturated carbocycles. The van der Waals surface area contributed by atoms with Gasteiger partial charge >= 0.3 is 5.97 Å². The highest BCUT2D eigenvalue weighted by molar-refractivity contribution is 6.03. The molecule has 0 spiro atoms. The van der Waals surface area contributed by atoms with Gasteiger partial charge in [0.25, 0.3) is 0 Å². The fraction of sp³-hybridized carbons (Fsp3) is 0.162. The van der Waals surface area contributed by atoms with Gasteiger partial charge in [-0.05, 0) is 66.0 Å². The number of aromatic carboxylic acids is 1. The molecule has 1 heterocycles. The normalized spacial score (nSPS) is 11.1. The highest BCUT2D eigenvalue weighted by atomic mass is 16.5. The van der Waals surface area contributed by atoms with Crippen LogP contribution in [-0.2, 0) is 12.8 Å². The first-order valence-electron chi connectivity index (χ1n) is 14.4. The molecule has 0 fully saturated rings. The lowest BCUT2D eigenvalue weighted by Gasteiger charge is -2.12. The number of benzene rings is 5. The lowest BCUT2D eigenvalue weighted by atomic mass is 9.94. The van der Waals surface area contributed by atoms with Crippen molar-refractivity contribution >= 4 is 27.6 Å². The number of carboxylic acid groups (broad SMARTS) is 1. The lowest BCUT2D eigenvalue weighted by Crippen LogP contribution is -2.04. The quantitative estimate of drug-likeness (QED) is 0.148. The summed E-state index contributed by atoms with van der Waals surface area (Å²) in [5.74, 6) is 0.769.